The van der Waals surface area contributed by atoms with Crippen LogP contribution in [0.2, 0.25) is 0 Å². The van der Waals surface area contributed by atoms with Crippen molar-refractivity contribution in [2.45, 2.75) is 30.3 Å². The maximum Gasteiger partial charge on any atom is 0.430 e. The summed E-state index contributed by atoms with van der Waals surface area (Å²) in [6.07, 6.45) is -4.19. The molecular weight excluding hydrogens is 380 g/mol. The Balaban J connectivity index is 2.06. The Hall–Kier alpha value is -2.10. The molecule has 0 amide bonds. The molecule has 2 aromatic rings. The fourth-order valence-corrected chi connectivity index (χ4v) is 3.45. The van der Waals surface area contributed by atoms with Gasteiger partial charge in [0.25, 0.3) is 0 Å². The molecule has 2 aromatic heterocycles. The van der Waals surface area contributed by atoms with Gasteiger partial charge < -0.3 is 5.32 Å². The summed E-state index contributed by atoms with van der Waals surface area (Å²) in [5.41, 5.74) is -1.51. The maximum absolute atomic E-state index is 12.9. The quantitative estimate of drug-likeness (QED) is 0.580. The van der Waals surface area contributed by atoms with Gasteiger partial charge in [0.15, 0.2) is 0 Å². The molecule has 0 aromatic carbocycles. The average Bonchev–Trinajstić information content (AvgIpc) is 2.92. The number of fused-ring (bicyclic) bond motifs is 1. The second kappa shape index (κ2) is 6.57. The zero-order valence-corrected chi connectivity index (χ0v) is 14.1. The van der Waals surface area contributed by atoms with Crippen LogP contribution in [0.15, 0.2) is 47.3 Å². The van der Waals surface area contributed by atoms with Gasteiger partial charge in [-0.25, -0.2) is 4.98 Å². The summed E-state index contributed by atoms with van der Waals surface area (Å²) in [4.78, 5) is 4.18. The Labute approximate surface area is 148 Å². The highest BCUT2D eigenvalue weighted by molar-refractivity contribution is 7.99. The fourth-order valence-electron chi connectivity index (χ4n) is 2.56. The number of nitrogens with zero attached hydrogens (tertiary/aromatic N) is 2. The number of nitrogens with one attached hydrogen (secondary N) is 1. The highest BCUT2D eigenvalue weighted by atomic mass is 32.2. The minimum Gasteiger partial charge on any atom is -0.369 e. The minimum absolute atomic E-state index is 0.0316. The number of alkyl halides is 6. The molecule has 0 saturated carbocycles. The van der Waals surface area contributed by atoms with E-state index in [1.165, 1.54) is 34.5 Å². The van der Waals surface area contributed by atoms with Crippen molar-refractivity contribution in [2.24, 2.45) is 0 Å². The number of allylic oxidation sites excluding steroid dienone is 3. The summed E-state index contributed by atoms with van der Waals surface area (Å²) in [6.45, 7) is 1.84. The smallest absolute Gasteiger partial charge is 0.369 e. The Kier molecular flexibility index (Phi) is 4.72. The number of thioether (sulfide) groups is 1. The van der Waals surface area contributed by atoms with Crippen molar-refractivity contribution in [1.29, 1.82) is 0 Å². The lowest BCUT2D eigenvalue weighted by Gasteiger charge is -2.22. The van der Waals surface area contributed by atoms with E-state index < -0.39 is 29.7 Å². The molecule has 1 aliphatic rings. The molecule has 0 aliphatic carbocycles. The second-order valence-corrected chi connectivity index (χ2v) is 6.71. The number of hydrogen-bond donors (Lipinski definition) is 1. The first kappa shape index (κ1) is 18.7. The zero-order valence-electron chi connectivity index (χ0n) is 13.3. The molecule has 0 saturated heterocycles. The van der Waals surface area contributed by atoms with Gasteiger partial charge in [-0.15, -0.1) is 11.8 Å². The molecule has 0 bridgehead atoms. The Morgan fingerprint density at radius 1 is 1.19 bits per heavy atom. The van der Waals surface area contributed by atoms with E-state index in [1.54, 1.807) is 0 Å². The Morgan fingerprint density at radius 3 is 2.54 bits per heavy atom. The van der Waals surface area contributed by atoms with Gasteiger partial charge in [-0.3, -0.25) is 4.40 Å². The lowest BCUT2D eigenvalue weighted by Crippen LogP contribution is -2.31. The van der Waals surface area contributed by atoms with Crippen LogP contribution in [0.3, 0.4) is 0 Å². The summed E-state index contributed by atoms with van der Waals surface area (Å²) in [6, 6.07) is 0.916. The van der Waals surface area contributed by atoms with Crippen LogP contribution >= 0.6 is 11.8 Å². The first-order valence-corrected chi connectivity index (χ1v) is 8.54. The predicted octanol–water partition coefficient (Wildman–Crippen LogP) is 5.11. The van der Waals surface area contributed by atoms with E-state index in [9.17, 15) is 26.3 Å². The first-order valence-electron chi connectivity index (χ1n) is 7.55. The molecule has 1 unspecified atom stereocenters. The third-order valence-corrected chi connectivity index (χ3v) is 4.66. The van der Waals surface area contributed by atoms with Gasteiger partial charge in [-0.05, 0) is 24.0 Å². The molecule has 0 radical (unpaired) electrons. The topological polar surface area (TPSA) is 29.3 Å². The normalized spacial score (nSPS) is 18.1. The minimum atomic E-state index is -4.55. The molecule has 3 nitrogen and oxygen atoms in total. The Morgan fingerprint density at radius 2 is 1.92 bits per heavy atom. The van der Waals surface area contributed by atoms with Crippen molar-refractivity contribution < 1.29 is 26.3 Å². The van der Waals surface area contributed by atoms with E-state index >= 15 is 0 Å². The van der Waals surface area contributed by atoms with Gasteiger partial charge in [0.1, 0.15) is 16.4 Å². The lowest BCUT2D eigenvalue weighted by molar-refractivity contribution is -0.137. The largest absolute Gasteiger partial charge is 0.430 e. The molecule has 26 heavy (non-hydrogen) atoms. The predicted molar refractivity (Wildman–Crippen MR) is 85.7 cm³/mol. The molecule has 1 atom stereocenters. The molecule has 10 heteroatoms. The summed E-state index contributed by atoms with van der Waals surface area (Å²) >= 11 is 1.30. The van der Waals surface area contributed by atoms with Gasteiger partial charge in [0, 0.05) is 6.20 Å². The van der Waals surface area contributed by atoms with E-state index in [0.29, 0.717) is 10.8 Å². The number of halogens is 6. The van der Waals surface area contributed by atoms with Crippen molar-refractivity contribution >= 4 is 17.4 Å². The standard InChI is InChI=1S/C16H13F6N3S/c1-2-26-14-13(10-4-3-5-11(23-10)16(20,21)22)24-12-8-9(15(17,18)19)6-7-25(12)14/h3-8,10,23H,2H2,1H3. The van der Waals surface area contributed by atoms with E-state index in [1.807, 2.05) is 6.92 Å². The first-order chi connectivity index (χ1) is 12.1. The molecular formula is C16H13F6N3S. The van der Waals surface area contributed by atoms with Gasteiger partial charge in [-0.2, -0.15) is 26.3 Å². The van der Waals surface area contributed by atoms with Crippen molar-refractivity contribution in [1.82, 2.24) is 14.7 Å². The summed E-state index contributed by atoms with van der Waals surface area (Å²) in [7, 11) is 0. The van der Waals surface area contributed by atoms with E-state index in [4.69, 9.17) is 0 Å². The van der Waals surface area contributed by atoms with Gasteiger partial charge in [0.2, 0.25) is 0 Å². The molecule has 1 N–H and O–H groups in total. The summed E-state index contributed by atoms with van der Waals surface area (Å²) in [5.74, 6) is 0.584. The summed E-state index contributed by atoms with van der Waals surface area (Å²) in [5, 5.41) is 2.85. The molecule has 3 rings (SSSR count). The van der Waals surface area contributed by atoms with E-state index in [0.717, 1.165) is 18.2 Å². The van der Waals surface area contributed by atoms with E-state index in [2.05, 4.69) is 10.3 Å². The van der Waals surface area contributed by atoms with Gasteiger partial charge in [-0.1, -0.05) is 19.1 Å². The third-order valence-electron chi connectivity index (χ3n) is 3.69. The maximum atomic E-state index is 12.9. The van der Waals surface area contributed by atoms with Crippen LogP contribution in [-0.4, -0.2) is 21.3 Å². The fraction of sp³-hybridized carbons (Fsp3) is 0.312. The average molecular weight is 393 g/mol. The van der Waals surface area contributed by atoms with Crippen molar-refractivity contribution in [3.8, 4) is 0 Å². The van der Waals surface area contributed by atoms with Crippen LogP contribution in [0.1, 0.15) is 24.2 Å². The monoisotopic (exact) mass is 393 g/mol. The molecule has 1 aliphatic heterocycles. The number of hydrogen-bond acceptors (Lipinski definition) is 3. The van der Waals surface area contributed by atoms with Crippen molar-refractivity contribution in [3.05, 3.63) is 53.5 Å². The van der Waals surface area contributed by atoms with Crippen LogP contribution in [0.4, 0.5) is 26.3 Å². The van der Waals surface area contributed by atoms with Crippen LogP contribution in [0, 0.1) is 0 Å². The number of aromatic nitrogens is 2. The zero-order chi connectivity index (χ0) is 19.1. The Bertz CT molecular complexity index is 878. The lowest BCUT2D eigenvalue weighted by atomic mass is 10.1. The highest BCUT2D eigenvalue weighted by Gasteiger charge is 2.37. The number of rotatable bonds is 3. The molecule has 0 spiro atoms. The van der Waals surface area contributed by atoms with Crippen molar-refractivity contribution in [3.63, 3.8) is 0 Å². The van der Waals surface area contributed by atoms with Gasteiger partial charge in [0.05, 0.1) is 17.3 Å². The SMILES string of the molecule is CCSc1c(C2C=CC=C(C(F)(F)F)N2)nc2cc(C(F)(F)F)ccn12. The number of imidazole rings is 1. The van der Waals surface area contributed by atoms with Crippen LogP contribution in [0.5, 0.6) is 0 Å². The number of dihydropyridines is 1. The second-order valence-electron chi connectivity index (χ2n) is 5.46. The van der Waals surface area contributed by atoms with Crippen LogP contribution in [-0.2, 0) is 6.18 Å². The summed E-state index contributed by atoms with van der Waals surface area (Å²) < 4.78 is 79.0. The van der Waals surface area contributed by atoms with Crippen LogP contribution in [0.25, 0.3) is 5.65 Å². The molecule has 0 fully saturated rings. The highest BCUT2D eigenvalue weighted by Crippen LogP contribution is 2.36. The van der Waals surface area contributed by atoms with E-state index in [-0.39, 0.29) is 11.3 Å². The molecule has 3 heterocycles. The van der Waals surface area contributed by atoms with Crippen molar-refractivity contribution in [2.75, 3.05) is 5.75 Å². The van der Waals surface area contributed by atoms with Crippen LogP contribution < -0.4 is 5.32 Å². The number of pyridine rings is 1. The third kappa shape index (κ3) is 3.55. The molecule has 140 valence electrons. The van der Waals surface area contributed by atoms with Gasteiger partial charge >= 0.3 is 12.4 Å².